The van der Waals surface area contributed by atoms with Gasteiger partial charge in [-0.15, -0.1) is 0 Å². The van der Waals surface area contributed by atoms with Gasteiger partial charge >= 0.3 is 6.61 Å². The summed E-state index contributed by atoms with van der Waals surface area (Å²) >= 11 is 0. The first-order chi connectivity index (χ1) is 16.5. The third kappa shape index (κ3) is 7.91. The average molecular weight is 507 g/mol. The zero-order valence-corrected chi connectivity index (χ0v) is 20.1. The van der Waals surface area contributed by atoms with E-state index < -0.39 is 22.7 Å². The molecule has 0 aliphatic carbocycles. The Labute approximate surface area is 203 Å². The van der Waals surface area contributed by atoms with Crippen LogP contribution < -0.4 is 14.8 Å². The number of rotatable bonds is 11. The van der Waals surface area contributed by atoms with Crippen LogP contribution in [0.4, 0.5) is 14.5 Å². The highest BCUT2D eigenvalue weighted by atomic mass is 32.2. The Balaban J connectivity index is 1.80. The van der Waals surface area contributed by atoms with E-state index in [2.05, 4.69) is 14.8 Å². The number of ether oxygens (including phenoxy) is 1. The summed E-state index contributed by atoms with van der Waals surface area (Å²) in [5.74, 6) is -0.212. The number of aromatic hydroxyl groups is 1. The molecular weight excluding hydrogens is 478 g/mol. The van der Waals surface area contributed by atoms with Crippen molar-refractivity contribution in [3.8, 4) is 11.5 Å². The number of phenolic OH excluding ortho intramolecular Hbond substituents is 1. The highest BCUT2D eigenvalue weighted by Crippen LogP contribution is 2.29. The van der Waals surface area contributed by atoms with E-state index in [-0.39, 0.29) is 29.8 Å². The van der Waals surface area contributed by atoms with Crippen LogP contribution in [0.2, 0.25) is 0 Å². The molecule has 3 aromatic carbocycles. The molecule has 0 saturated carbocycles. The maximum absolute atomic E-state index is 12.5. The second kappa shape index (κ2) is 11.5. The molecule has 0 saturated heterocycles. The molecule has 3 aromatic rings. The molecule has 0 aliphatic heterocycles. The molecule has 10 heteroatoms. The summed E-state index contributed by atoms with van der Waals surface area (Å²) in [5, 5.41) is 24.0. The molecule has 0 aromatic heterocycles. The predicted molar refractivity (Wildman–Crippen MR) is 130 cm³/mol. The van der Waals surface area contributed by atoms with Gasteiger partial charge < -0.3 is 20.3 Å². The van der Waals surface area contributed by atoms with Crippen LogP contribution in [0.1, 0.15) is 34.4 Å². The van der Waals surface area contributed by atoms with Crippen molar-refractivity contribution in [2.75, 3.05) is 17.5 Å². The number of phenols is 1. The summed E-state index contributed by atoms with van der Waals surface area (Å²) in [6, 6.07) is 18.1. The lowest BCUT2D eigenvalue weighted by atomic mass is 9.95. The van der Waals surface area contributed by atoms with E-state index in [9.17, 15) is 27.4 Å². The Kier molecular flexibility index (Phi) is 8.66. The van der Waals surface area contributed by atoms with Gasteiger partial charge in [0.05, 0.1) is 18.0 Å². The molecule has 0 aliphatic rings. The number of hydrogen-bond donors (Lipinski definition) is 4. The van der Waals surface area contributed by atoms with E-state index in [4.69, 9.17) is 0 Å². The van der Waals surface area contributed by atoms with Gasteiger partial charge in [-0.05, 0) is 59.9 Å². The molecule has 1 unspecified atom stereocenters. The van der Waals surface area contributed by atoms with Crippen molar-refractivity contribution in [2.45, 2.75) is 32.1 Å². The summed E-state index contributed by atoms with van der Waals surface area (Å²) in [6.45, 7) is -0.813. The third-order valence-corrected chi connectivity index (χ3v) is 6.04. The Bertz CT molecular complexity index is 1240. The maximum Gasteiger partial charge on any atom is 0.387 e. The molecule has 0 radical (unpaired) electrons. The van der Waals surface area contributed by atoms with E-state index in [1.807, 2.05) is 31.2 Å². The molecule has 0 amide bonds. The minimum absolute atomic E-state index is 0.0323. The van der Waals surface area contributed by atoms with Gasteiger partial charge in [-0.3, -0.25) is 4.72 Å². The fourth-order valence-electron chi connectivity index (χ4n) is 3.66. The minimum Gasteiger partial charge on any atom is -0.506 e. The van der Waals surface area contributed by atoms with Crippen LogP contribution >= 0.6 is 0 Å². The summed E-state index contributed by atoms with van der Waals surface area (Å²) < 4.78 is 54.8. The predicted octanol–water partition coefficient (Wildman–Crippen LogP) is 4.28. The summed E-state index contributed by atoms with van der Waals surface area (Å²) in [7, 11) is -3.62. The van der Waals surface area contributed by atoms with E-state index in [1.54, 1.807) is 12.1 Å². The van der Waals surface area contributed by atoms with Crippen LogP contribution in [0.5, 0.6) is 11.5 Å². The Hall–Kier alpha value is -3.21. The number of aryl methyl sites for hydroxylation is 1. The van der Waals surface area contributed by atoms with Gasteiger partial charge in [0.1, 0.15) is 11.5 Å². The lowest BCUT2D eigenvalue weighted by molar-refractivity contribution is -0.0498. The second-order valence-corrected chi connectivity index (χ2v) is 9.95. The lowest BCUT2D eigenvalue weighted by Crippen LogP contribution is -2.28. The van der Waals surface area contributed by atoms with Crippen molar-refractivity contribution in [2.24, 2.45) is 0 Å². The number of alkyl halides is 2. The fraction of sp³-hybridized carbons (Fsp3) is 0.280. The first kappa shape index (κ1) is 26.4. The van der Waals surface area contributed by atoms with Crippen LogP contribution in [0.25, 0.3) is 0 Å². The molecule has 7 nitrogen and oxygen atoms in total. The van der Waals surface area contributed by atoms with Crippen LogP contribution in [-0.2, 0) is 16.4 Å². The minimum atomic E-state index is -3.62. The number of anilines is 1. The smallest absolute Gasteiger partial charge is 0.387 e. The molecule has 3 rings (SSSR count). The fourth-order valence-corrected chi connectivity index (χ4v) is 4.23. The monoisotopic (exact) mass is 506 g/mol. The highest BCUT2D eigenvalue weighted by Gasteiger charge is 2.18. The number of benzene rings is 3. The van der Waals surface area contributed by atoms with Gasteiger partial charge in [-0.2, -0.15) is 8.78 Å². The van der Waals surface area contributed by atoms with E-state index in [1.165, 1.54) is 30.3 Å². The molecule has 0 fully saturated rings. The summed E-state index contributed by atoms with van der Waals surface area (Å²) in [6.07, 6.45) is 0.520. The SMILES string of the molecule is Cc1ccccc1CC(NC[C@H](O)c1ccc(O)c(NS(C)(=O)=O)c1)c1ccc(OC(F)F)cc1. The third-order valence-electron chi connectivity index (χ3n) is 5.45. The van der Waals surface area contributed by atoms with Crippen LogP contribution in [-0.4, -0.2) is 38.0 Å². The van der Waals surface area contributed by atoms with E-state index in [0.717, 1.165) is 22.9 Å². The van der Waals surface area contributed by atoms with Gasteiger partial charge in [0.2, 0.25) is 10.0 Å². The van der Waals surface area contributed by atoms with E-state index in [0.29, 0.717) is 12.0 Å². The van der Waals surface area contributed by atoms with E-state index >= 15 is 0 Å². The Morgan fingerprint density at radius 2 is 1.66 bits per heavy atom. The number of aliphatic hydroxyl groups is 1. The van der Waals surface area contributed by atoms with Crippen molar-refractivity contribution < 1.29 is 32.1 Å². The van der Waals surface area contributed by atoms with Crippen molar-refractivity contribution >= 4 is 15.7 Å². The summed E-state index contributed by atoms with van der Waals surface area (Å²) in [4.78, 5) is 0. The summed E-state index contributed by atoms with van der Waals surface area (Å²) in [5.41, 5.74) is 3.35. The first-order valence-electron chi connectivity index (χ1n) is 10.8. The van der Waals surface area contributed by atoms with Crippen LogP contribution in [0.15, 0.2) is 66.7 Å². The second-order valence-electron chi connectivity index (χ2n) is 8.21. The van der Waals surface area contributed by atoms with Gasteiger partial charge in [0, 0.05) is 12.6 Å². The van der Waals surface area contributed by atoms with Gasteiger partial charge in [0.25, 0.3) is 0 Å². The number of hydrogen-bond acceptors (Lipinski definition) is 6. The number of sulfonamides is 1. The maximum atomic E-state index is 12.5. The molecule has 188 valence electrons. The van der Waals surface area contributed by atoms with Crippen molar-refractivity contribution in [3.63, 3.8) is 0 Å². The standard InChI is InChI=1S/C25H28F2N2O5S/c1-16-5-3-4-6-18(16)13-21(17-7-10-20(11-8-17)34-25(26)27)28-15-24(31)19-9-12-23(30)22(14-19)29-35(2,32)33/h3-12,14,21,24-25,28-31H,13,15H2,1-2H3/t21?,24-/m0/s1. The molecule has 2 atom stereocenters. The van der Waals surface area contributed by atoms with Crippen molar-refractivity contribution in [3.05, 3.63) is 89.0 Å². The van der Waals surface area contributed by atoms with Crippen molar-refractivity contribution in [1.82, 2.24) is 5.32 Å². The lowest BCUT2D eigenvalue weighted by Gasteiger charge is -2.23. The zero-order chi connectivity index (χ0) is 25.6. The van der Waals surface area contributed by atoms with Crippen molar-refractivity contribution in [1.29, 1.82) is 0 Å². The quantitative estimate of drug-likeness (QED) is 0.289. The molecule has 0 spiro atoms. The molecule has 0 heterocycles. The number of halogens is 2. The zero-order valence-electron chi connectivity index (χ0n) is 19.3. The Morgan fingerprint density at radius 3 is 2.29 bits per heavy atom. The molecule has 0 bridgehead atoms. The van der Waals surface area contributed by atoms with Gasteiger partial charge in [-0.1, -0.05) is 42.5 Å². The van der Waals surface area contributed by atoms with Gasteiger partial charge in [-0.25, -0.2) is 8.42 Å². The normalized spacial score (nSPS) is 13.4. The molecular formula is C25H28F2N2O5S. The van der Waals surface area contributed by atoms with Crippen LogP contribution in [0, 0.1) is 6.92 Å². The first-order valence-corrected chi connectivity index (χ1v) is 12.7. The molecule has 4 N–H and O–H groups in total. The highest BCUT2D eigenvalue weighted by molar-refractivity contribution is 7.92. The van der Waals surface area contributed by atoms with Crippen LogP contribution in [0.3, 0.4) is 0 Å². The Morgan fingerprint density at radius 1 is 1.00 bits per heavy atom. The number of nitrogens with one attached hydrogen (secondary N) is 2. The average Bonchev–Trinajstić information content (AvgIpc) is 2.78. The largest absolute Gasteiger partial charge is 0.506 e. The topological polar surface area (TPSA) is 108 Å². The molecule has 35 heavy (non-hydrogen) atoms. The number of aliphatic hydroxyl groups excluding tert-OH is 1. The van der Waals surface area contributed by atoms with Gasteiger partial charge in [0.15, 0.2) is 0 Å².